The largest absolute Gasteiger partial charge is 0.469 e. The second-order valence-corrected chi connectivity index (χ2v) is 8.05. The van der Waals surface area contributed by atoms with Crippen LogP contribution < -0.4 is 5.32 Å². The first-order valence-electron chi connectivity index (χ1n) is 9.94. The van der Waals surface area contributed by atoms with Gasteiger partial charge in [0, 0.05) is 24.4 Å². The van der Waals surface area contributed by atoms with Gasteiger partial charge in [-0.05, 0) is 65.1 Å². The smallest absolute Gasteiger partial charge is 0.305 e. The lowest BCUT2D eigenvalue weighted by Gasteiger charge is -2.45. The van der Waals surface area contributed by atoms with Crippen LogP contribution in [0, 0.1) is 6.92 Å². The van der Waals surface area contributed by atoms with Crippen molar-refractivity contribution in [2.75, 3.05) is 21.2 Å². The van der Waals surface area contributed by atoms with E-state index < -0.39 is 0 Å². The van der Waals surface area contributed by atoms with Gasteiger partial charge in [0.1, 0.15) is 0 Å². The molecule has 1 amide bonds. The first kappa shape index (κ1) is 21.4. The van der Waals surface area contributed by atoms with E-state index in [9.17, 15) is 9.59 Å². The summed E-state index contributed by atoms with van der Waals surface area (Å²) in [6.07, 6.45) is 6.39. The van der Waals surface area contributed by atoms with Crippen LogP contribution in [0.15, 0.2) is 24.3 Å². The SMILES string of the molecule is COC(=O)CCCC(=O)NC1CCC(Cc2ccc(C)cc2)(N(C)C)CC1. The Morgan fingerprint density at radius 1 is 1.15 bits per heavy atom. The number of carbonyl (C=O) groups excluding carboxylic acids is 2. The molecular formula is C22H34N2O3. The third-order valence-corrected chi connectivity index (χ3v) is 5.90. The molecule has 0 unspecified atom stereocenters. The summed E-state index contributed by atoms with van der Waals surface area (Å²) < 4.78 is 4.61. The molecule has 0 atom stereocenters. The lowest BCUT2D eigenvalue weighted by molar-refractivity contribution is -0.140. The summed E-state index contributed by atoms with van der Waals surface area (Å²) in [5.74, 6) is -0.216. The van der Waals surface area contributed by atoms with Crippen molar-refractivity contribution in [2.24, 2.45) is 0 Å². The first-order valence-corrected chi connectivity index (χ1v) is 9.94. The molecule has 1 fully saturated rings. The van der Waals surface area contributed by atoms with Crippen molar-refractivity contribution < 1.29 is 14.3 Å². The number of hydrogen-bond acceptors (Lipinski definition) is 4. The zero-order valence-electron chi connectivity index (χ0n) is 17.2. The number of rotatable bonds is 8. The lowest BCUT2D eigenvalue weighted by atomic mass is 9.74. The van der Waals surface area contributed by atoms with Crippen molar-refractivity contribution in [3.8, 4) is 0 Å². The normalized spacial score (nSPS) is 22.5. The Labute approximate surface area is 163 Å². The second-order valence-electron chi connectivity index (χ2n) is 8.05. The van der Waals surface area contributed by atoms with Gasteiger partial charge in [-0.3, -0.25) is 9.59 Å². The summed E-state index contributed by atoms with van der Waals surface area (Å²) in [6.45, 7) is 2.12. The second kappa shape index (κ2) is 9.88. The summed E-state index contributed by atoms with van der Waals surface area (Å²) in [5.41, 5.74) is 2.82. The van der Waals surface area contributed by atoms with Crippen LogP contribution >= 0.6 is 0 Å². The minimum Gasteiger partial charge on any atom is -0.469 e. The van der Waals surface area contributed by atoms with Gasteiger partial charge >= 0.3 is 5.97 Å². The molecule has 27 heavy (non-hydrogen) atoms. The zero-order valence-corrected chi connectivity index (χ0v) is 17.2. The van der Waals surface area contributed by atoms with Crippen LogP contribution in [0.4, 0.5) is 0 Å². The van der Waals surface area contributed by atoms with Crippen molar-refractivity contribution in [1.29, 1.82) is 0 Å². The van der Waals surface area contributed by atoms with Gasteiger partial charge in [0.25, 0.3) is 0 Å². The number of likely N-dealkylation sites (N-methyl/N-ethyl adjacent to an activating group) is 1. The number of hydrogen-bond donors (Lipinski definition) is 1. The van der Waals surface area contributed by atoms with Gasteiger partial charge < -0.3 is 15.0 Å². The number of aryl methyl sites for hydroxylation is 1. The zero-order chi connectivity index (χ0) is 19.9. The molecule has 5 nitrogen and oxygen atoms in total. The molecule has 1 aliphatic rings. The van der Waals surface area contributed by atoms with Crippen molar-refractivity contribution in [2.45, 2.75) is 69.9 Å². The summed E-state index contributed by atoms with van der Waals surface area (Å²) >= 11 is 0. The van der Waals surface area contributed by atoms with Gasteiger partial charge in [0.15, 0.2) is 0 Å². The van der Waals surface area contributed by atoms with E-state index in [2.05, 4.69) is 60.2 Å². The average molecular weight is 375 g/mol. The molecule has 1 N–H and O–H groups in total. The third-order valence-electron chi connectivity index (χ3n) is 5.90. The van der Waals surface area contributed by atoms with E-state index in [-0.39, 0.29) is 23.5 Å². The number of carbonyl (C=O) groups is 2. The summed E-state index contributed by atoms with van der Waals surface area (Å²) in [4.78, 5) is 25.6. The average Bonchev–Trinajstić information content (AvgIpc) is 2.65. The maximum atomic E-state index is 12.1. The molecule has 0 radical (unpaired) electrons. The number of nitrogens with one attached hydrogen (secondary N) is 1. The monoisotopic (exact) mass is 374 g/mol. The molecule has 1 aliphatic carbocycles. The highest BCUT2D eigenvalue weighted by atomic mass is 16.5. The van der Waals surface area contributed by atoms with Gasteiger partial charge in [0.05, 0.1) is 7.11 Å². The van der Waals surface area contributed by atoms with E-state index in [4.69, 9.17) is 0 Å². The Hall–Kier alpha value is -1.88. The molecule has 1 saturated carbocycles. The minimum atomic E-state index is -0.257. The number of benzene rings is 1. The fourth-order valence-electron chi connectivity index (χ4n) is 3.96. The molecule has 1 aromatic carbocycles. The highest BCUT2D eigenvalue weighted by molar-refractivity contribution is 5.77. The lowest BCUT2D eigenvalue weighted by Crippen LogP contribution is -2.52. The number of nitrogens with zero attached hydrogens (tertiary/aromatic N) is 1. The molecule has 150 valence electrons. The summed E-state index contributed by atoms with van der Waals surface area (Å²) in [7, 11) is 5.71. The maximum absolute atomic E-state index is 12.1. The predicted molar refractivity (Wildman–Crippen MR) is 108 cm³/mol. The molecule has 0 aliphatic heterocycles. The number of amides is 1. The Morgan fingerprint density at radius 3 is 2.33 bits per heavy atom. The van der Waals surface area contributed by atoms with Gasteiger partial charge in [-0.15, -0.1) is 0 Å². The Bertz CT molecular complexity index is 617. The van der Waals surface area contributed by atoms with Gasteiger partial charge in [-0.2, -0.15) is 0 Å². The molecule has 0 heterocycles. The van der Waals surface area contributed by atoms with E-state index in [0.717, 1.165) is 32.1 Å². The third kappa shape index (κ3) is 6.35. The number of methoxy groups -OCH3 is 1. The van der Waals surface area contributed by atoms with E-state index in [1.54, 1.807) is 0 Å². The summed E-state index contributed by atoms with van der Waals surface area (Å²) in [6, 6.07) is 9.06. The molecule has 0 bridgehead atoms. The van der Waals surface area contributed by atoms with Crippen molar-refractivity contribution >= 4 is 11.9 Å². The van der Waals surface area contributed by atoms with E-state index >= 15 is 0 Å². The van der Waals surface area contributed by atoms with Crippen molar-refractivity contribution in [1.82, 2.24) is 10.2 Å². The van der Waals surface area contributed by atoms with Crippen LogP contribution in [0.2, 0.25) is 0 Å². The number of ether oxygens (including phenoxy) is 1. The standard InChI is InChI=1S/C22H34N2O3/c1-17-8-10-18(11-9-17)16-22(24(2)3)14-12-19(13-15-22)23-20(25)6-5-7-21(26)27-4/h8-11,19H,5-7,12-16H2,1-4H3,(H,23,25). The number of esters is 1. The van der Waals surface area contributed by atoms with E-state index in [0.29, 0.717) is 19.3 Å². The van der Waals surface area contributed by atoms with Crippen LogP contribution in [0.5, 0.6) is 0 Å². The topological polar surface area (TPSA) is 58.6 Å². The van der Waals surface area contributed by atoms with E-state index in [1.807, 2.05) is 0 Å². The first-order chi connectivity index (χ1) is 12.8. The summed E-state index contributed by atoms with van der Waals surface area (Å²) in [5, 5.41) is 3.15. The highest BCUT2D eigenvalue weighted by Crippen LogP contribution is 2.35. The molecule has 0 saturated heterocycles. The Balaban J connectivity index is 1.84. The fourth-order valence-corrected chi connectivity index (χ4v) is 3.96. The van der Waals surface area contributed by atoms with Gasteiger partial charge in [0.2, 0.25) is 5.91 Å². The van der Waals surface area contributed by atoms with E-state index in [1.165, 1.54) is 18.2 Å². The molecule has 5 heteroatoms. The van der Waals surface area contributed by atoms with Crippen molar-refractivity contribution in [3.63, 3.8) is 0 Å². The molecule has 0 spiro atoms. The van der Waals surface area contributed by atoms with Crippen molar-refractivity contribution in [3.05, 3.63) is 35.4 Å². The minimum absolute atomic E-state index is 0.0415. The van der Waals surface area contributed by atoms with Crippen LogP contribution in [0.25, 0.3) is 0 Å². The predicted octanol–water partition coefficient (Wildman–Crippen LogP) is 3.24. The molecule has 2 rings (SSSR count). The van der Waals surface area contributed by atoms with Crippen LogP contribution in [-0.2, 0) is 20.7 Å². The maximum Gasteiger partial charge on any atom is 0.305 e. The quantitative estimate of drug-likeness (QED) is 0.710. The highest BCUT2D eigenvalue weighted by Gasteiger charge is 2.37. The Kier molecular flexibility index (Phi) is 7.84. The molecule has 1 aromatic rings. The van der Waals surface area contributed by atoms with Crippen LogP contribution in [0.3, 0.4) is 0 Å². The van der Waals surface area contributed by atoms with Crippen LogP contribution in [-0.4, -0.2) is 49.6 Å². The molecular weight excluding hydrogens is 340 g/mol. The van der Waals surface area contributed by atoms with Gasteiger partial charge in [-0.1, -0.05) is 29.8 Å². The van der Waals surface area contributed by atoms with Gasteiger partial charge in [-0.25, -0.2) is 0 Å². The molecule has 0 aromatic heterocycles. The Morgan fingerprint density at radius 2 is 1.78 bits per heavy atom. The van der Waals surface area contributed by atoms with Crippen LogP contribution in [0.1, 0.15) is 56.1 Å². The fraction of sp³-hybridized carbons (Fsp3) is 0.636.